The first-order valence-corrected chi connectivity index (χ1v) is 9.52. The van der Waals surface area contributed by atoms with Crippen LogP contribution < -0.4 is 9.80 Å². The molecule has 2 aliphatic rings. The number of amides is 1. The maximum atomic E-state index is 13.2. The summed E-state index contributed by atoms with van der Waals surface area (Å²) in [5, 5.41) is 0. The van der Waals surface area contributed by atoms with Gasteiger partial charge in [0.15, 0.2) is 0 Å². The van der Waals surface area contributed by atoms with Crippen molar-refractivity contribution in [3.05, 3.63) is 83.7 Å². The van der Waals surface area contributed by atoms with Crippen LogP contribution in [0.25, 0.3) is 0 Å². The van der Waals surface area contributed by atoms with E-state index in [1.807, 2.05) is 35.2 Å². The highest BCUT2D eigenvalue weighted by molar-refractivity contribution is 6.06. The van der Waals surface area contributed by atoms with Gasteiger partial charge in [0, 0.05) is 36.3 Å². The first-order chi connectivity index (χ1) is 13.3. The SMILES string of the molecule is O=C(c1cc(N2CCc3ccccc32)ccn1)N1CCCc2ccccc21. The van der Waals surface area contributed by atoms with Crippen LogP contribution in [-0.2, 0) is 12.8 Å². The van der Waals surface area contributed by atoms with Crippen LogP contribution in [0.5, 0.6) is 0 Å². The topological polar surface area (TPSA) is 36.4 Å². The largest absolute Gasteiger partial charge is 0.341 e. The van der Waals surface area contributed by atoms with Crippen LogP contribution in [0.4, 0.5) is 17.1 Å². The third-order valence-electron chi connectivity index (χ3n) is 5.52. The van der Waals surface area contributed by atoms with Crippen LogP contribution in [0.2, 0.25) is 0 Å². The van der Waals surface area contributed by atoms with Gasteiger partial charge in [-0.3, -0.25) is 9.78 Å². The number of aromatic nitrogens is 1. The minimum atomic E-state index is -0.0171. The normalized spacial score (nSPS) is 15.4. The maximum Gasteiger partial charge on any atom is 0.276 e. The van der Waals surface area contributed by atoms with E-state index >= 15 is 0 Å². The molecule has 4 heteroatoms. The number of para-hydroxylation sites is 2. The molecule has 3 aromatic rings. The molecule has 1 aromatic heterocycles. The summed E-state index contributed by atoms with van der Waals surface area (Å²) in [4.78, 5) is 21.8. The molecule has 0 atom stereocenters. The van der Waals surface area contributed by atoms with Crippen LogP contribution in [0.15, 0.2) is 66.9 Å². The lowest BCUT2D eigenvalue weighted by Crippen LogP contribution is -2.36. The Morgan fingerprint density at radius 3 is 2.44 bits per heavy atom. The summed E-state index contributed by atoms with van der Waals surface area (Å²) in [5.41, 5.74) is 6.38. The molecular weight excluding hydrogens is 334 g/mol. The fraction of sp³-hybridized carbons (Fsp3) is 0.217. The number of carbonyl (C=O) groups is 1. The Balaban J connectivity index is 1.48. The highest BCUT2D eigenvalue weighted by atomic mass is 16.2. The summed E-state index contributed by atoms with van der Waals surface area (Å²) in [6.45, 7) is 1.68. The number of carbonyl (C=O) groups excluding carboxylic acids is 1. The molecule has 5 rings (SSSR count). The summed E-state index contributed by atoms with van der Waals surface area (Å²) >= 11 is 0. The predicted molar refractivity (Wildman–Crippen MR) is 108 cm³/mol. The monoisotopic (exact) mass is 355 g/mol. The molecule has 0 aliphatic carbocycles. The minimum Gasteiger partial charge on any atom is -0.341 e. The molecule has 4 nitrogen and oxygen atoms in total. The number of hydrogen-bond acceptors (Lipinski definition) is 3. The van der Waals surface area contributed by atoms with E-state index in [9.17, 15) is 4.79 Å². The molecule has 0 bridgehead atoms. The lowest BCUT2D eigenvalue weighted by Gasteiger charge is -2.29. The molecule has 3 heterocycles. The second kappa shape index (κ2) is 6.54. The van der Waals surface area contributed by atoms with Crippen molar-refractivity contribution in [3.63, 3.8) is 0 Å². The van der Waals surface area contributed by atoms with Gasteiger partial charge in [-0.15, -0.1) is 0 Å². The Morgan fingerprint density at radius 2 is 1.59 bits per heavy atom. The molecule has 134 valence electrons. The molecule has 0 radical (unpaired) electrons. The van der Waals surface area contributed by atoms with Gasteiger partial charge in [0.25, 0.3) is 5.91 Å². The summed E-state index contributed by atoms with van der Waals surface area (Å²) in [6.07, 6.45) is 4.79. The zero-order valence-corrected chi connectivity index (χ0v) is 15.1. The van der Waals surface area contributed by atoms with Crippen LogP contribution in [-0.4, -0.2) is 24.0 Å². The van der Waals surface area contributed by atoms with Crippen LogP contribution >= 0.6 is 0 Å². The number of nitrogens with zero attached hydrogens (tertiary/aromatic N) is 3. The summed E-state index contributed by atoms with van der Waals surface area (Å²) in [6, 6.07) is 20.6. The second-order valence-corrected chi connectivity index (χ2v) is 7.12. The minimum absolute atomic E-state index is 0.0171. The van der Waals surface area contributed by atoms with Gasteiger partial charge in [-0.25, -0.2) is 0 Å². The van der Waals surface area contributed by atoms with E-state index in [0.717, 1.165) is 43.7 Å². The van der Waals surface area contributed by atoms with Gasteiger partial charge in [0.1, 0.15) is 5.69 Å². The van der Waals surface area contributed by atoms with E-state index in [1.54, 1.807) is 6.20 Å². The molecular formula is C23H21N3O. The van der Waals surface area contributed by atoms with Gasteiger partial charge in [-0.1, -0.05) is 36.4 Å². The van der Waals surface area contributed by atoms with Crippen molar-refractivity contribution in [1.29, 1.82) is 0 Å². The van der Waals surface area contributed by atoms with Crippen molar-refractivity contribution in [1.82, 2.24) is 4.98 Å². The molecule has 27 heavy (non-hydrogen) atoms. The van der Waals surface area contributed by atoms with Gasteiger partial charge in [-0.05, 0) is 54.7 Å². The smallest absolute Gasteiger partial charge is 0.276 e. The fourth-order valence-corrected chi connectivity index (χ4v) is 4.19. The molecule has 2 aliphatic heterocycles. The molecule has 1 amide bonds. The third kappa shape index (κ3) is 2.78. The van der Waals surface area contributed by atoms with Gasteiger partial charge in [0.05, 0.1) is 0 Å². The number of fused-ring (bicyclic) bond motifs is 2. The Morgan fingerprint density at radius 1 is 0.852 bits per heavy atom. The van der Waals surface area contributed by atoms with Crippen LogP contribution in [0, 0.1) is 0 Å². The van der Waals surface area contributed by atoms with E-state index in [1.165, 1.54) is 16.8 Å². The summed E-state index contributed by atoms with van der Waals surface area (Å²) in [5.74, 6) is -0.0171. The van der Waals surface area contributed by atoms with Crippen molar-refractivity contribution in [2.24, 2.45) is 0 Å². The molecule has 0 N–H and O–H groups in total. The molecule has 0 saturated heterocycles. The lowest BCUT2D eigenvalue weighted by molar-refractivity contribution is 0.0980. The predicted octanol–water partition coefficient (Wildman–Crippen LogP) is 4.37. The van der Waals surface area contributed by atoms with Crippen molar-refractivity contribution in [2.45, 2.75) is 19.3 Å². The Kier molecular flexibility index (Phi) is 3.89. The van der Waals surface area contributed by atoms with Gasteiger partial charge >= 0.3 is 0 Å². The van der Waals surface area contributed by atoms with Crippen molar-refractivity contribution in [3.8, 4) is 0 Å². The standard InChI is InChI=1S/C23H21N3O/c27-23(26-14-5-8-17-6-1-4-10-22(17)26)20-16-19(11-13-24-20)25-15-12-18-7-2-3-9-21(18)25/h1-4,6-7,9-11,13,16H,5,8,12,14-15H2. The summed E-state index contributed by atoms with van der Waals surface area (Å²) < 4.78 is 0. The maximum absolute atomic E-state index is 13.2. The number of pyridine rings is 1. The highest BCUT2D eigenvalue weighted by Gasteiger charge is 2.26. The Labute approximate surface area is 159 Å². The van der Waals surface area contributed by atoms with Crippen molar-refractivity contribution < 1.29 is 4.79 Å². The Bertz CT molecular complexity index is 1010. The highest BCUT2D eigenvalue weighted by Crippen LogP contribution is 2.34. The molecule has 0 spiro atoms. The molecule has 0 unspecified atom stereocenters. The average molecular weight is 355 g/mol. The molecule has 0 saturated carbocycles. The number of aryl methyl sites for hydroxylation is 1. The van der Waals surface area contributed by atoms with E-state index in [2.05, 4.69) is 40.2 Å². The fourth-order valence-electron chi connectivity index (χ4n) is 4.19. The lowest BCUT2D eigenvalue weighted by atomic mass is 10.0. The van der Waals surface area contributed by atoms with Crippen LogP contribution in [0.1, 0.15) is 28.0 Å². The summed E-state index contributed by atoms with van der Waals surface area (Å²) in [7, 11) is 0. The quantitative estimate of drug-likeness (QED) is 0.685. The number of benzene rings is 2. The van der Waals surface area contributed by atoms with E-state index in [-0.39, 0.29) is 5.91 Å². The third-order valence-corrected chi connectivity index (χ3v) is 5.52. The number of anilines is 3. The number of rotatable bonds is 2. The van der Waals surface area contributed by atoms with Crippen molar-refractivity contribution in [2.75, 3.05) is 22.9 Å². The van der Waals surface area contributed by atoms with Gasteiger partial charge < -0.3 is 9.80 Å². The van der Waals surface area contributed by atoms with Gasteiger partial charge in [-0.2, -0.15) is 0 Å². The molecule has 2 aromatic carbocycles. The Hall–Kier alpha value is -3.14. The first kappa shape index (κ1) is 16.1. The average Bonchev–Trinajstić information content (AvgIpc) is 3.17. The zero-order chi connectivity index (χ0) is 18.2. The van der Waals surface area contributed by atoms with E-state index in [0.29, 0.717) is 5.69 Å². The first-order valence-electron chi connectivity index (χ1n) is 9.52. The van der Waals surface area contributed by atoms with E-state index in [4.69, 9.17) is 0 Å². The second-order valence-electron chi connectivity index (χ2n) is 7.12. The zero-order valence-electron chi connectivity index (χ0n) is 15.1. The molecule has 0 fully saturated rings. The van der Waals surface area contributed by atoms with E-state index < -0.39 is 0 Å². The van der Waals surface area contributed by atoms with Gasteiger partial charge in [0.2, 0.25) is 0 Å². The number of hydrogen-bond donors (Lipinski definition) is 0. The van der Waals surface area contributed by atoms with Crippen molar-refractivity contribution >= 4 is 23.0 Å². The van der Waals surface area contributed by atoms with Crippen LogP contribution in [0.3, 0.4) is 0 Å².